The molecule has 0 saturated heterocycles. The highest BCUT2D eigenvalue weighted by molar-refractivity contribution is 7.16. The summed E-state index contributed by atoms with van der Waals surface area (Å²) in [6.07, 6.45) is 2.08. The molecule has 0 aromatic carbocycles. The summed E-state index contributed by atoms with van der Waals surface area (Å²) < 4.78 is 0. The lowest BCUT2D eigenvalue weighted by Gasteiger charge is -1.98. The molecular formula is C10H14N2OS. The lowest BCUT2D eigenvalue weighted by atomic mass is 10.3. The number of nitrogens with one attached hydrogen (secondary N) is 1. The number of nitrogens with two attached hydrogens (primary N) is 1. The van der Waals surface area contributed by atoms with Crippen molar-refractivity contribution < 1.29 is 4.79 Å². The molecule has 0 spiro atoms. The van der Waals surface area contributed by atoms with E-state index < -0.39 is 0 Å². The van der Waals surface area contributed by atoms with Crippen molar-refractivity contribution in [1.82, 2.24) is 0 Å². The topological polar surface area (TPSA) is 55.1 Å². The van der Waals surface area contributed by atoms with Gasteiger partial charge in [0.1, 0.15) is 0 Å². The molecule has 1 amide bonds. The van der Waals surface area contributed by atoms with E-state index in [0.717, 1.165) is 22.7 Å². The fourth-order valence-corrected chi connectivity index (χ4v) is 2.31. The lowest BCUT2D eigenvalue weighted by molar-refractivity contribution is -0.117. The fraction of sp³-hybridized carbons (Fsp3) is 0.500. The highest BCUT2D eigenvalue weighted by atomic mass is 32.1. The van der Waals surface area contributed by atoms with Crippen molar-refractivity contribution in [2.45, 2.75) is 26.3 Å². The maximum atomic E-state index is 11.4. The van der Waals surface area contributed by atoms with E-state index in [0.29, 0.717) is 6.54 Å². The predicted octanol–water partition coefficient (Wildman–Crippen LogP) is 1.86. The minimum atomic E-state index is 0.162. The number of hydrogen-bond donors (Lipinski definition) is 2. The summed E-state index contributed by atoms with van der Waals surface area (Å²) in [5.74, 6) is 0.425. The maximum absolute atomic E-state index is 11.4. The van der Waals surface area contributed by atoms with E-state index in [1.54, 1.807) is 11.3 Å². The third-order valence-electron chi connectivity index (χ3n) is 2.40. The van der Waals surface area contributed by atoms with Crippen LogP contribution in [0.4, 0.5) is 5.00 Å². The minimum Gasteiger partial charge on any atom is -0.326 e. The molecule has 1 aromatic heterocycles. The summed E-state index contributed by atoms with van der Waals surface area (Å²) in [5.41, 5.74) is 6.73. The van der Waals surface area contributed by atoms with E-state index in [9.17, 15) is 4.79 Å². The Morgan fingerprint density at radius 3 is 2.93 bits per heavy atom. The zero-order valence-electron chi connectivity index (χ0n) is 8.17. The van der Waals surface area contributed by atoms with Gasteiger partial charge in [0.2, 0.25) is 5.91 Å². The maximum Gasteiger partial charge on any atom is 0.228 e. The molecule has 14 heavy (non-hydrogen) atoms. The van der Waals surface area contributed by atoms with Gasteiger partial charge < -0.3 is 11.1 Å². The van der Waals surface area contributed by atoms with E-state index in [4.69, 9.17) is 5.73 Å². The first-order chi connectivity index (χ1) is 6.70. The molecule has 1 heterocycles. The van der Waals surface area contributed by atoms with Crippen molar-refractivity contribution in [2.24, 2.45) is 11.7 Å². The van der Waals surface area contributed by atoms with E-state index in [-0.39, 0.29) is 11.8 Å². The Kier molecular flexibility index (Phi) is 2.56. The molecule has 0 unspecified atom stereocenters. The van der Waals surface area contributed by atoms with Crippen molar-refractivity contribution in [1.29, 1.82) is 0 Å². The van der Waals surface area contributed by atoms with Crippen LogP contribution in [0.5, 0.6) is 0 Å². The molecule has 1 fully saturated rings. The fourth-order valence-electron chi connectivity index (χ4n) is 1.35. The molecule has 1 aliphatic rings. The van der Waals surface area contributed by atoms with Crippen molar-refractivity contribution in [3.8, 4) is 0 Å². The SMILES string of the molecule is Cc1cc(NC(=O)C2CC2)sc1CN. The smallest absolute Gasteiger partial charge is 0.228 e. The number of amides is 1. The lowest BCUT2D eigenvalue weighted by Crippen LogP contribution is -2.11. The van der Waals surface area contributed by atoms with Crippen LogP contribution < -0.4 is 11.1 Å². The summed E-state index contributed by atoms with van der Waals surface area (Å²) in [5, 5.41) is 3.85. The summed E-state index contributed by atoms with van der Waals surface area (Å²) in [6, 6.07) is 1.99. The number of carbonyl (C=O) groups is 1. The summed E-state index contributed by atoms with van der Waals surface area (Å²) >= 11 is 1.58. The van der Waals surface area contributed by atoms with Gasteiger partial charge >= 0.3 is 0 Å². The third-order valence-corrected chi connectivity index (χ3v) is 3.58. The Morgan fingerprint density at radius 2 is 2.43 bits per heavy atom. The van der Waals surface area contributed by atoms with Crippen LogP contribution in [-0.4, -0.2) is 5.91 Å². The van der Waals surface area contributed by atoms with Gasteiger partial charge in [-0.1, -0.05) is 0 Å². The average Bonchev–Trinajstić information content (AvgIpc) is 2.92. The van der Waals surface area contributed by atoms with Crippen LogP contribution >= 0.6 is 11.3 Å². The second kappa shape index (κ2) is 3.71. The molecule has 4 heteroatoms. The Hall–Kier alpha value is -0.870. The highest BCUT2D eigenvalue weighted by Gasteiger charge is 2.29. The third kappa shape index (κ3) is 1.96. The van der Waals surface area contributed by atoms with E-state index in [1.807, 2.05) is 13.0 Å². The number of rotatable bonds is 3. The van der Waals surface area contributed by atoms with Gasteiger partial charge in [-0.25, -0.2) is 0 Å². The van der Waals surface area contributed by atoms with Gasteiger partial charge in [0, 0.05) is 17.3 Å². The second-order valence-corrected chi connectivity index (χ2v) is 4.82. The van der Waals surface area contributed by atoms with Crippen LogP contribution in [0.2, 0.25) is 0 Å². The monoisotopic (exact) mass is 210 g/mol. The van der Waals surface area contributed by atoms with Gasteiger partial charge in [-0.05, 0) is 31.4 Å². The van der Waals surface area contributed by atoms with E-state index in [2.05, 4.69) is 5.32 Å². The van der Waals surface area contributed by atoms with Crippen LogP contribution in [0, 0.1) is 12.8 Å². The van der Waals surface area contributed by atoms with Gasteiger partial charge in [0.15, 0.2) is 0 Å². The van der Waals surface area contributed by atoms with Crippen LogP contribution in [0.1, 0.15) is 23.3 Å². The normalized spacial score (nSPS) is 15.6. The molecule has 3 nitrogen and oxygen atoms in total. The van der Waals surface area contributed by atoms with Crippen molar-refractivity contribution in [2.75, 3.05) is 5.32 Å². The van der Waals surface area contributed by atoms with Gasteiger partial charge in [0.25, 0.3) is 0 Å². The number of anilines is 1. The largest absolute Gasteiger partial charge is 0.326 e. The zero-order valence-corrected chi connectivity index (χ0v) is 8.99. The molecule has 1 saturated carbocycles. The number of hydrogen-bond acceptors (Lipinski definition) is 3. The van der Waals surface area contributed by atoms with Gasteiger partial charge in [-0.2, -0.15) is 0 Å². The van der Waals surface area contributed by atoms with E-state index in [1.165, 1.54) is 5.56 Å². The highest BCUT2D eigenvalue weighted by Crippen LogP contribution is 2.32. The second-order valence-electron chi connectivity index (χ2n) is 3.68. The Labute approximate surface area is 87.3 Å². The van der Waals surface area contributed by atoms with Crippen LogP contribution in [-0.2, 0) is 11.3 Å². The molecule has 2 rings (SSSR count). The summed E-state index contributed by atoms with van der Waals surface area (Å²) in [4.78, 5) is 12.6. The average molecular weight is 210 g/mol. The molecule has 0 bridgehead atoms. The van der Waals surface area contributed by atoms with Crippen LogP contribution in [0.25, 0.3) is 0 Å². The minimum absolute atomic E-state index is 0.162. The van der Waals surface area contributed by atoms with Gasteiger partial charge in [-0.15, -0.1) is 11.3 Å². The first kappa shape index (κ1) is 9.68. The molecule has 76 valence electrons. The Balaban J connectivity index is 2.04. The molecule has 0 atom stereocenters. The molecular weight excluding hydrogens is 196 g/mol. The van der Waals surface area contributed by atoms with Crippen molar-refractivity contribution in [3.05, 3.63) is 16.5 Å². The predicted molar refractivity (Wildman–Crippen MR) is 58.3 cm³/mol. The van der Waals surface area contributed by atoms with Crippen molar-refractivity contribution >= 4 is 22.2 Å². The van der Waals surface area contributed by atoms with Crippen molar-refractivity contribution in [3.63, 3.8) is 0 Å². The zero-order chi connectivity index (χ0) is 10.1. The van der Waals surface area contributed by atoms with Gasteiger partial charge in [-0.3, -0.25) is 4.79 Å². The molecule has 3 N–H and O–H groups in total. The summed E-state index contributed by atoms with van der Waals surface area (Å²) in [7, 11) is 0. The summed E-state index contributed by atoms with van der Waals surface area (Å²) in [6.45, 7) is 2.57. The van der Waals surface area contributed by atoms with Crippen LogP contribution in [0.15, 0.2) is 6.07 Å². The van der Waals surface area contributed by atoms with E-state index >= 15 is 0 Å². The molecule has 0 aliphatic heterocycles. The Morgan fingerprint density at radius 1 is 1.71 bits per heavy atom. The Bertz CT molecular complexity index is 355. The molecule has 1 aliphatic carbocycles. The first-order valence-electron chi connectivity index (χ1n) is 4.81. The number of aryl methyl sites for hydroxylation is 1. The molecule has 0 radical (unpaired) electrons. The number of carbonyl (C=O) groups excluding carboxylic acids is 1. The first-order valence-corrected chi connectivity index (χ1v) is 5.62. The van der Waals surface area contributed by atoms with Crippen LogP contribution in [0.3, 0.4) is 0 Å². The number of thiophene rings is 1. The molecule has 1 aromatic rings. The van der Waals surface area contributed by atoms with Gasteiger partial charge in [0.05, 0.1) is 5.00 Å². The quantitative estimate of drug-likeness (QED) is 0.800. The standard InChI is InChI=1S/C10H14N2OS/c1-6-4-9(14-8(6)5-11)12-10(13)7-2-3-7/h4,7H,2-3,5,11H2,1H3,(H,12,13).